The van der Waals surface area contributed by atoms with Crippen molar-refractivity contribution >= 4 is 64.9 Å². The molecule has 2 rings (SSSR count). The molecule has 1 aromatic rings. The lowest BCUT2D eigenvalue weighted by Gasteiger charge is -2.20. The van der Waals surface area contributed by atoms with E-state index in [0.29, 0.717) is 15.7 Å². The van der Waals surface area contributed by atoms with Crippen LogP contribution >= 0.6 is 47.4 Å². The summed E-state index contributed by atoms with van der Waals surface area (Å²) >= 11 is 13.4. The summed E-state index contributed by atoms with van der Waals surface area (Å²) in [7, 11) is 1.61. The fraction of sp³-hybridized carbons (Fsp3) is 0.385. The maximum absolute atomic E-state index is 12.1. The SMILES string of the molecule is CN(CC(=O)Nc1ccc(Cl)c(Cl)c1)C(=O)C1CSCN1.Cl. The summed E-state index contributed by atoms with van der Waals surface area (Å²) < 4.78 is 0. The molecule has 2 N–H and O–H groups in total. The van der Waals surface area contributed by atoms with Crippen LogP contribution in [0.3, 0.4) is 0 Å². The molecule has 0 spiro atoms. The molecular weight excluding hydrogens is 369 g/mol. The Morgan fingerprint density at radius 1 is 1.41 bits per heavy atom. The van der Waals surface area contributed by atoms with E-state index in [-0.39, 0.29) is 36.8 Å². The molecule has 1 aliphatic rings. The monoisotopic (exact) mass is 383 g/mol. The number of hydrogen-bond donors (Lipinski definition) is 2. The number of anilines is 1. The van der Waals surface area contributed by atoms with E-state index < -0.39 is 0 Å². The third-order valence-electron chi connectivity index (χ3n) is 2.97. The maximum Gasteiger partial charge on any atom is 0.243 e. The van der Waals surface area contributed by atoms with Gasteiger partial charge in [-0.3, -0.25) is 14.9 Å². The van der Waals surface area contributed by atoms with Gasteiger partial charge >= 0.3 is 0 Å². The van der Waals surface area contributed by atoms with Crippen LogP contribution in [0.15, 0.2) is 18.2 Å². The fourth-order valence-electron chi connectivity index (χ4n) is 1.89. The minimum absolute atomic E-state index is 0. The van der Waals surface area contributed by atoms with Gasteiger partial charge in [0.15, 0.2) is 0 Å². The van der Waals surface area contributed by atoms with Gasteiger partial charge in [0, 0.05) is 24.4 Å². The van der Waals surface area contributed by atoms with Crippen LogP contribution in [-0.2, 0) is 9.59 Å². The third-order valence-corrected chi connectivity index (χ3v) is 4.65. The van der Waals surface area contributed by atoms with Crippen LogP contribution in [0.1, 0.15) is 0 Å². The van der Waals surface area contributed by atoms with Crippen LogP contribution in [-0.4, -0.2) is 48.0 Å². The molecule has 0 aromatic heterocycles. The first-order chi connectivity index (χ1) is 9.97. The maximum atomic E-state index is 12.1. The lowest BCUT2D eigenvalue weighted by molar-refractivity contribution is -0.134. The van der Waals surface area contributed by atoms with Gasteiger partial charge < -0.3 is 10.2 Å². The highest BCUT2D eigenvalue weighted by Crippen LogP contribution is 2.24. The van der Waals surface area contributed by atoms with E-state index in [2.05, 4.69) is 10.6 Å². The van der Waals surface area contributed by atoms with Gasteiger partial charge in [0.2, 0.25) is 11.8 Å². The molecule has 0 radical (unpaired) electrons. The quantitative estimate of drug-likeness (QED) is 0.837. The van der Waals surface area contributed by atoms with Crippen LogP contribution in [0, 0.1) is 0 Å². The van der Waals surface area contributed by atoms with Gasteiger partial charge in [-0.2, -0.15) is 0 Å². The number of thioether (sulfide) groups is 1. The lowest BCUT2D eigenvalue weighted by atomic mass is 10.3. The number of halogens is 3. The van der Waals surface area contributed by atoms with E-state index >= 15 is 0 Å². The zero-order valence-electron chi connectivity index (χ0n) is 11.8. The summed E-state index contributed by atoms with van der Waals surface area (Å²) in [4.78, 5) is 25.4. The number of nitrogens with one attached hydrogen (secondary N) is 2. The fourth-order valence-corrected chi connectivity index (χ4v) is 3.12. The summed E-state index contributed by atoms with van der Waals surface area (Å²) in [5, 5.41) is 6.56. The number of likely N-dealkylation sites (N-methyl/N-ethyl adjacent to an activating group) is 1. The predicted octanol–water partition coefficient (Wildman–Crippen LogP) is 2.47. The molecule has 1 aliphatic heterocycles. The van der Waals surface area contributed by atoms with Crippen molar-refractivity contribution in [2.45, 2.75) is 6.04 Å². The summed E-state index contributed by atoms with van der Waals surface area (Å²) in [6.07, 6.45) is 0. The van der Waals surface area contributed by atoms with E-state index in [4.69, 9.17) is 23.2 Å². The molecular formula is C13H16Cl3N3O2S. The van der Waals surface area contributed by atoms with Gasteiger partial charge in [-0.15, -0.1) is 24.2 Å². The van der Waals surface area contributed by atoms with Gasteiger partial charge in [-0.25, -0.2) is 0 Å². The number of hydrogen-bond acceptors (Lipinski definition) is 4. The highest BCUT2D eigenvalue weighted by Gasteiger charge is 2.26. The van der Waals surface area contributed by atoms with Crippen molar-refractivity contribution in [2.24, 2.45) is 0 Å². The van der Waals surface area contributed by atoms with E-state index in [1.54, 1.807) is 37.0 Å². The number of benzene rings is 1. The zero-order valence-corrected chi connectivity index (χ0v) is 14.9. The Morgan fingerprint density at radius 2 is 2.14 bits per heavy atom. The molecule has 1 heterocycles. The number of carbonyl (C=O) groups is 2. The Bertz CT molecular complexity index is 553. The Hall–Kier alpha value is -0.660. The summed E-state index contributed by atoms with van der Waals surface area (Å²) in [5.41, 5.74) is 0.546. The molecule has 1 atom stereocenters. The van der Waals surface area contributed by atoms with Crippen molar-refractivity contribution in [3.8, 4) is 0 Å². The molecule has 1 saturated heterocycles. The van der Waals surface area contributed by atoms with Gasteiger partial charge in [0.1, 0.15) is 0 Å². The molecule has 9 heteroatoms. The normalized spacial score (nSPS) is 16.8. The lowest BCUT2D eigenvalue weighted by Crippen LogP contribution is -2.45. The predicted molar refractivity (Wildman–Crippen MR) is 94.2 cm³/mol. The second kappa shape index (κ2) is 8.84. The minimum Gasteiger partial charge on any atom is -0.335 e. The Balaban J connectivity index is 0.00000242. The summed E-state index contributed by atoms with van der Waals surface area (Å²) in [5.74, 6) is 1.14. The Morgan fingerprint density at radius 3 is 2.73 bits per heavy atom. The zero-order chi connectivity index (χ0) is 15.4. The standard InChI is InChI=1S/C13H15Cl2N3O2S.ClH/c1-18(13(20)11-6-21-7-16-11)5-12(19)17-8-2-3-9(14)10(15)4-8;/h2-4,11,16H,5-7H2,1H3,(H,17,19);1H. The van der Waals surface area contributed by atoms with Crippen molar-refractivity contribution in [3.05, 3.63) is 28.2 Å². The summed E-state index contributed by atoms with van der Waals surface area (Å²) in [6.45, 7) is -0.0120. The third kappa shape index (κ3) is 5.21. The largest absolute Gasteiger partial charge is 0.335 e. The molecule has 0 saturated carbocycles. The van der Waals surface area contributed by atoms with E-state index in [1.165, 1.54) is 4.90 Å². The molecule has 5 nitrogen and oxygen atoms in total. The van der Waals surface area contributed by atoms with Crippen LogP contribution in [0.2, 0.25) is 10.0 Å². The van der Waals surface area contributed by atoms with Crippen LogP contribution in [0.4, 0.5) is 5.69 Å². The molecule has 122 valence electrons. The minimum atomic E-state index is -0.283. The van der Waals surface area contributed by atoms with Gasteiger partial charge in [0.25, 0.3) is 0 Å². The highest BCUT2D eigenvalue weighted by atomic mass is 35.5. The van der Waals surface area contributed by atoms with Gasteiger partial charge in [-0.05, 0) is 18.2 Å². The molecule has 1 aromatic carbocycles. The number of rotatable bonds is 4. The smallest absolute Gasteiger partial charge is 0.243 e. The average molecular weight is 385 g/mol. The van der Waals surface area contributed by atoms with Crippen LogP contribution < -0.4 is 10.6 Å². The summed E-state index contributed by atoms with van der Waals surface area (Å²) in [6, 6.07) is 4.62. The molecule has 0 bridgehead atoms. The highest BCUT2D eigenvalue weighted by molar-refractivity contribution is 7.99. The molecule has 1 unspecified atom stereocenters. The van der Waals surface area contributed by atoms with Crippen LogP contribution in [0.5, 0.6) is 0 Å². The number of amides is 2. The van der Waals surface area contributed by atoms with Crippen molar-refractivity contribution < 1.29 is 9.59 Å². The topological polar surface area (TPSA) is 61.4 Å². The molecule has 22 heavy (non-hydrogen) atoms. The van der Waals surface area contributed by atoms with E-state index in [1.807, 2.05) is 0 Å². The first-order valence-corrected chi connectivity index (χ1v) is 8.19. The Labute approximate surface area is 149 Å². The Kier molecular flexibility index (Phi) is 7.79. The number of carbonyl (C=O) groups excluding carboxylic acids is 2. The average Bonchev–Trinajstić information content (AvgIpc) is 2.96. The van der Waals surface area contributed by atoms with Crippen molar-refractivity contribution in [2.75, 3.05) is 30.5 Å². The second-order valence-electron chi connectivity index (χ2n) is 4.64. The first kappa shape index (κ1) is 19.4. The van der Waals surface area contributed by atoms with E-state index in [9.17, 15) is 9.59 Å². The van der Waals surface area contributed by atoms with Crippen LogP contribution in [0.25, 0.3) is 0 Å². The molecule has 0 aliphatic carbocycles. The van der Waals surface area contributed by atoms with Gasteiger partial charge in [0.05, 0.1) is 22.6 Å². The van der Waals surface area contributed by atoms with E-state index in [0.717, 1.165) is 11.6 Å². The van der Waals surface area contributed by atoms with Crippen molar-refractivity contribution in [1.29, 1.82) is 0 Å². The first-order valence-electron chi connectivity index (χ1n) is 6.28. The second-order valence-corrected chi connectivity index (χ2v) is 6.49. The number of nitrogens with zero attached hydrogens (tertiary/aromatic N) is 1. The van der Waals surface area contributed by atoms with Crippen molar-refractivity contribution in [1.82, 2.24) is 10.2 Å². The van der Waals surface area contributed by atoms with Gasteiger partial charge in [-0.1, -0.05) is 23.2 Å². The van der Waals surface area contributed by atoms with Crippen molar-refractivity contribution in [3.63, 3.8) is 0 Å². The molecule has 2 amide bonds. The molecule has 1 fully saturated rings.